The summed E-state index contributed by atoms with van der Waals surface area (Å²) in [6, 6.07) is 7.28. The van der Waals surface area contributed by atoms with E-state index in [2.05, 4.69) is 4.98 Å². The van der Waals surface area contributed by atoms with Crippen molar-refractivity contribution in [3.63, 3.8) is 0 Å². The maximum absolute atomic E-state index is 10.1. The lowest BCUT2D eigenvalue weighted by Crippen LogP contribution is -2.01. The number of thiazole rings is 1. The van der Waals surface area contributed by atoms with Crippen LogP contribution in [0.1, 0.15) is 27.2 Å². The van der Waals surface area contributed by atoms with E-state index in [4.69, 9.17) is 11.6 Å². The normalized spacial score (nSPS) is 12.7. The van der Waals surface area contributed by atoms with Gasteiger partial charge in [0.05, 0.1) is 16.8 Å². The molecule has 0 aliphatic heterocycles. The van der Waals surface area contributed by atoms with Crippen LogP contribution in [0.3, 0.4) is 0 Å². The van der Waals surface area contributed by atoms with Gasteiger partial charge in [0.2, 0.25) is 0 Å². The zero-order valence-electron chi connectivity index (χ0n) is 9.77. The summed E-state index contributed by atoms with van der Waals surface area (Å²) in [6.07, 6.45) is 0.0401. The molecule has 0 amide bonds. The standard InChI is InChI=1S/C13H14ClNOS/c1-8-9(2)17-13(15-8)7-12(16)10-3-5-11(14)6-4-10/h3-6,12,16H,7H2,1-2H3. The van der Waals surface area contributed by atoms with Crippen LogP contribution in [0.5, 0.6) is 0 Å². The molecule has 90 valence electrons. The lowest BCUT2D eigenvalue weighted by atomic mass is 10.1. The summed E-state index contributed by atoms with van der Waals surface area (Å²) in [5.41, 5.74) is 1.92. The maximum atomic E-state index is 10.1. The molecule has 0 saturated carbocycles. The minimum absolute atomic E-state index is 0.516. The van der Waals surface area contributed by atoms with Crippen molar-refractivity contribution in [2.45, 2.75) is 26.4 Å². The number of aromatic nitrogens is 1. The van der Waals surface area contributed by atoms with Gasteiger partial charge in [-0.15, -0.1) is 11.3 Å². The fraction of sp³-hybridized carbons (Fsp3) is 0.308. The third-order valence-corrected chi connectivity index (χ3v) is 4.04. The fourth-order valence-corrected chi connectivity index (χ4v) is 2.69. The molecule has 0 saturated heterocycles. The molecule has 1 heterocycles. The summed E-state index contributed by atoms with van der Waals surface area (Å²) < 4.78 is 0. The number of benzene rings is 1. The predicted octanol–water partition coefficient (Wildman–Crippen LogP) is 3.69. The molecule has 1 N–H and O–H groups in total. The molecule has 0 bridgehead atoms. The van der Waals surface area contributed by atoms with Crippen LogP contribution in [0, 0.1) is 13.8 Å². The molecule has 0 spiro atoms. The van der Waals surface area contributed by atoms with Crippen molar-refractivity contribution in [2.24, 2.45) is 0 Å². The number of hydrogen-bond acceptors (Lipinski definition) is 3. The van der Waals surface area contributed by atoms with Gasteiger partial charge in [-0.25, -0.2) is 4.98 Å². The second-order valence-corrected chi connectivity index (χ2v) is 5.74. The molecule has 1 aromatic carbocycles. The highest BCUT2D eigenvalue weighted by Crippen LogP contribution is 2.24. The van der Waals surface area contributed by atoms with E-state index in [1.165, 1.54) is 4.88 Å². The third-order valence-electron chi connectivity index (χ3n) is 2.70. The summed E-state index contributed by atoms with van der Waals surface area (Å²) in [6.45, 7) is 4.04. The highest BCUT2D eigenvalue weighted by Gasteiger charge is 2.12. The highest BCUT2D eigenvalue weighted by molar-refractivity contribution is 7.11. The van der Waals surface area contributed by atoms with Crippen LogP contribution >= 0.6 is 22.9 Å². The van der Waals surface area contributed by atoms with Crippen LogP contribution in [0.15, 0.2) is 24.3 Å². The third kappa shape index (κ3) is 3.06. The fourth-order valence-electron chi connectivity index (χ4n) is 1.59. The van der Waals surface area contributed by atoms with Crippen molar-refractivity contribution in [3.05, 3.63) is 50.4 Å². The largest absolute Gasteiger partial charge is 0.388 e. The molecule has 0 aliphatic carbocycles. The number of hydrogen-bond donors (Lipinski definition) is 1. The van der Waals surface area contributed by atoms with Gasteiger partial charge in [0.1, 0.15) is 0 Å². The Bertz CT molecular complexity index is 487. The quantitative estimate of drug-likeness (QED) is 0.920. The monoisotopic (exact) mass is 267 g/mol. The second-order valence-electron chi connectivity index (χ2n) is 4.02. The second kappa shape index (κ2) is 5.17. The molecular formula is C13H14ClNOS. The van der Waals surface area contributed by atoms with E-state index in [1.54, 1.807) is 23.5 Å². The zero-order chi connectivity index (χ0) is 12.4. The molecule has 0 radical (unpaired) electrons. The van der Waals surface area contributed by atoms with Gasteiger partial charge in [-0.05, 0) is 31.5 Å². The number of halogens is 1. The first kappa shape index (κ1) is 12.6. The van der Waals surface area contributed by atoms with Crippen LogP contribution < -0.4 is 0 Å². The van der Waals surface area contributed by atoms with Gasteiger partial charge in [-0.3, -0.25) is 0 Å². The van der Waals surface area contributed by atoms with Gasteiger partial charge < -0.3 is 5.11 Å². The molecule has 2 nitrogen and oxygen atoms in total. The Morgan fingerprint density at radius 2 is 1.94 bits per heavy atom. The van der Waals surface area contributed by atoms with Crippen molar-refractivity contribution in [1.82, 2.24) is 4.98 Å². The van der Waals surface area contributed by atoms with Crippen molar-refractivity contribution < 1.29 is 5.11 Å². The topological polar surface area (TPSA) is 33.1 Å². The van der Waals surface area contributed by atoms with Gasteiger partial charge in [-0.2, -0.15) is 0 Å². The van der Waals surface area contributed by atoms with E-state index in [-0.39, 0.29) is 0 Å². The molecule has 17 heavy (non-hydrogen) atoms. The van der Waals surface area contributed by atoms with Crippen LogP contribution in [0.2, 0.25) is 5.02 Å². The first-order chi connectivity index (χ1) is 8.06. The van der Waals surface area contributed by atoms with E-state index in [1.807, 2.05) is 26.0 Å². The molecule has 4 heteroatoms. The minimum Gasteiger partial charge on any atom is -0.388 e. The van der Waals surface area contributed by atoms with Gasteiger partial charge in [0, 0.05) is 16.3 Å². The van der Waals surface area contributed by atoms with Crippen LogP contribution in [-0.4, -0.2) is 10.1 Å². The Balaban J connectivity index is 2.11. The van der Waals surface area contributed by atoms with E-state index < -0.39 is 6.10 Å². The van der Waals surface area contributed by atoms with Gasteiger partial charge in [0.25, 0.3) is 0 Å². The molecule has 1 unspecified atom stereocenters. The van der Waals surface area contributed by atoms with Crippen LogP contribution in [0.4, 0.5) is 0 Å². The molecule has 0 fully saturated rings. The summed E-state index contributed by atoms with van der Waals surface area (Å²) in [4.78, 5) is 5.64. The molecule has 0 aliphatic rings. The summed E-state index contributed by atoms with van der Waals surface area (Å²) in [7, 11) is 0. The zero-order valence-corrected chi connectivity index (χ0v) is 11.3. The summed E-state index contributed by atoms with van der Waals surface area (Å²) >= 11 is 7.45. The van der Waals surface area contributed by atoms with Crippen molar-refractivity contribution in [2.75, 3.05) is 0 Å². The van der Waals surface area contributed by atoms with Crippen LogP contribution in [0.25, 0.3) is 0 Å². The first-order valence-corrected chi connectivity index (χ1v) is 6.62. The molecule has 1 aromatic heterocycles. The Hall–Kier alpha value is -0.900. The minimum atomic E-state index is -0.516. The molecular weight excluding hydrogens is 254 g/mol. The Morgan fingerprint density at radius 3 is 2.47 bits per heavy atom. The molecule has 1 atom stereocenters. The smallest absolute Gasteiger partial charge is 0.0960 e. The number of rotatable bonds is 3. The van der Waals surface area contributed by atoms with Crippen molar-refractivity contribution >= 4 is 22.9 Å². The molecule has 2 aromatic rings. The average Bonchev–Trinajstić information content (AvgIpc) is 2.58. The number of aliphatic hydroxyl groups excluding tert-OH is 1. The lowest BCUT2D eigenvalue weighted by Gasteiger charge is -2.08. The number of nitrogens with zero attached hydrogens (tertiary/aromatic N) is 1. The van der Waals surface area contributed by atoms with E-state index in [0.29, 0.717) is 11.4 Å². The SMILES string of the molecule is Cc1nc(CC(O)c2ccc(Cl)cc2)sc1C. The van der Waals surface area contributed by atoms with E-state index in [0.717, 1.165) is 16.3 Å². The summed E-state index contributed by atoms with van der Waals surface area (Å²) in [5.74, 6) is 0. The van der Waals surface area contributed by atoms with Crippen molar-refractivity contribution in [3.8, 4) is 0 Å². The number of aryl methyl sites for hydroxylation is 2. The van der Waals surface area contributed by atoms with Crippen LogP contribution in [-0.2, 0) is 6.42 Å². The maximum Gasteiger partial charge on any atom is 0.0960 e. The predicted molar refractivity (Wildman–Crippen MR) is 71.7 cm³/mol. The Morgan fingerprint density at radius 1 is 1.29 bits per heavy atom. The first-order valence-electron chi connectivity index (χ1n) is 5.42. The summed E-state index contributed by atoms with van der Waals surface area (Å²) in [5, 5.41) is 11.7. The van der Waals surface area contributed by atoms with E-state index >= 15 is 0 Å². The lowest BCUT2D eigenvalue weighted by molar-refractivity contribution is 0.178. The average molecular weight is 268 g/mol. The van der Waals surface area contributed by atoms with Gasteiger partial charge >= 0.3 is 0 Å². The molecule has 2 rings (SSSR count). The van der Waals surface area contributed by atoms with Gasteiger partial charge in [-0.1, -0.05) is 23.7 Å². The highest BCUT2D eigenvalue weighted by atomic mass is 35.5. The van der Waals surface area contributed by atoms with E-state index in [9.17, 15) is 5.11 Å². The van der Waals surface area contributed by atoms with Crippen molar-refractivity contribution in [1.29, 1.82) is 0 Å². The van der Waals surface area contributed by atoms with Gasteiger partial charge in [0.15, 0.2) is 0 Å². The Kier molecular flexibility index (Phi) is 3.82. The Labute approximate surface area is 110 Å². The number of aliphatic hydroxyl groups is 1.